The van der Waals surface area contributed by atoms with E-state index in [1.165, 1.54) is 19.0 Å². The third-order valence-corrected chi connectivity index (χ3v) is 2.06. The molecule has 0 saturated carbocycles. The Morgan fingerprint density at radius 1 is 1.44 bits per heavy atom. The molecule has 100 valence electrons. The van der Waals surface area contributed by atoms with Gasteiger partial charge in [-0.25, -0.2) is 9.37 Å². The lowest BCUT2D eigenvalue weighted by atomic mass is 10.2. The molecule has 0 bridgehead atoms. The SMILES string of the molecule is CN(C)C=C(F)C(=O)c1cnc(C(F)(F)F)n1C. The molecule has 4 nitrogen and oxygen atoms in total. The van der Waals surface area contributed by atoms with Gasteiger partial charge in [0.1, 0.15) is 5.69 Å². The molecule has 0 aromatic carbocycles. The monoisotopic (exact) mass is 265 g/mol. The molecule has 0 N–H and O–H groups in total. The van der Waals surface area contributed by atoms with Crippen molar-refractivity contribution < 1.29 is 22.4 Å². The minimum atomic E-state index is -4.69. The highest BCUT2D eigenvalue weighted by molar-refractivity contribution is 6.05. The Balaban J connectivity index is 3.14. The highest BCUT2D eigenvalue weighted by Crippen LogP contribution is 2.28. The zero-order chi connectivity index (χ0) is 14.1. The molecule has 0 saturated heterocycles. The van der Waals surface area contributed by atoms with Crippen LogP contribution in [0.4, 0.5) is 17.6 Å². The number of ketones is 1. The molecule has 18 heavy (non-hydrogen) atoms. The summed E-state index contributed by atoms with van der Waals surface area (Å²) in [5, 5.41) is 0. The molecule has 8 heteroatoms. The van der Waals surface area contributed by atoms with Gasteiger partial charge in [-0.2, -0.15) is 13.2 Å². The van der Waals surface area contributed by atoms with Crippen LogP contribution in [0.2, 0.25) is 0 Å². The Bertz CT molecular complexity index is 488. The fourth-order valence-electron chi connectivity index (χ4n) is 1.29. The van der Waals surface area contributed by atoms with E-state index in [0.717, 1.165) is 13.2 Å². The van der Waals surface area contributed by atoms with Gasteiger partial charge in [0.2, 0.25) is 11.6 Å². The third-order valence-electron chi connectivity index (χ3n) is 2.06. The van der Waals surface area contributed by atoms with Crippen LogP contribution in [0.3, 0.4) is 0 Å². The number of nitrogens with zero attached hydrogens (tertiary/aromatic N) is 3. The van der Waals surface area contributed by atoms with E-state index in [1.54, 1.807) is 0 Å². The molecular weight excluding hydrogens is 254 g/mol. The normalized spacial score (nSPS) is 12.7. The van der Waals surface area contributed by atoms with Gasteiger partial charge in [-0.15, -0.1) is 0 Å². The van der Waals surface area contributed by atoms with Crippen LogP contribution in [0.15, 0.2) is 18.2 Å². The molecule has 0 amide bonds. The first kappa shape index (κ1) is 14.2. The minimum absolute atomic E-state index is 0.460. The van der Waals surface area contributed by atoms with Crippen molar-refractivity contribution in [3.63, 3.8) is 0 Å². The number of carbonyl (C=O) groups excluding carboxylic acids is 1. The second kappa shape index (κ2) is 4.79. The third kappa shape index (κ3) is 2.88. The van der Waals surface area contributed by atoms with E-state index >= 15 is 0 Å². The van der Waals surface area contributed by atoms with Crippen molar-refractivity contribution in [3.8, 4) is 0 Å². The number of allylic oxidation sites excluding steroid dienone is 1. The van der Waals surface area contributed by atoms with Crippen molar-refractivity contribution in [2.45, 2.75) is 6.18 Å². The Hall–Kier alpha value is -1.86. The Morgan fingerprint density at radius 3 is 2.39 bits per heavy atom. The average Bonchev–Trinajstić information content (AvgIpc) is 2.57. The van der Waals surface area contributed by atoms with Crippen molar-refractivity contribution in [1.82, 2.24) is 14.5 Å². The second-order valence-electron chi connectivity index (χ2n) is 3.79. The summed E-state index contributed by atoms with van der Waals surface area (Å²) in [6.07, 6.45) is -3.11. The fraction of sp³-hybridized carbons (Fsp3) is 0.400. The summed E-state index contributed by atoms with van der Waals surface area (Å²) in [5.41, 5.74) is -0.460. The predicted octanol–water partition coefficient (Wildman–Crippen LogP) is 1.99. The largest absolute Gasteiger partial charge is 0.449 e. The summed E-state index contributed by atoms with van der Waals surface area (Å²) in [6.45, 7) is 0. The molecule has 0 radical (unpaired) electrons. The van der Waals surface area contributed by atoms with Crippen LogP contribution >= 0.6 is 0 Å². The van der Waals surface area contributed by atoms with Crippen LogP contribution in [0.1, 0.15) is 16.3 Å². The number of rotatable bonds is 3. The Morgan fingerprint density at radius 2 is 2.00 bits per heavy atom. The van der Waals surface area contributed by atoms with Gasteiger partial charge in [0.25, 0.3) is 0 Å². The first-order valence-electron chi connectivity index (χ1n) is 4.82. The number of alkyl halides is 3. The molecule has 1 aromatic heterocycles. The number of hydrogen-bond acceptors (Lipinski definition) is 3. The quantitative estimate of drug-likeness (QED) is 0.476. The molecule has 0 atom stereocenters. The van der Waals surface area contributed by atoms with Gasteiger partial charge < -0.3 is 9.47 Å². The van der Waals surface area contributed by atoms with Gasteiger partial charge in [0, 0.05) is 27.3 Å². The van der Waals surface area contributed by atoms with E-state index < -0.39 is 29.3 Å². The molecule has 0 aliphatic heterocycles. The number of halogens is 4. The fourth-order valence-corrected chi connectivity index (χ4v) is 1.29. The standard InChI is InChI=1S/C10H11F4N3O/c1-16(2)5-6(11)8(18)7-4-15-9(17(7)3)10(12,13)14/h4-5H,1-3H3. The van der Waals surface area contributed by atoms with Gasteiger partial charge in [-0.05, 0) is 0 Å². The minimum Gasteiger partial charge on any atom is -0.381 e. The molecule has 0 aliphatic rings. The van der Waals surface area contributed by atoms with E-state index in [2.05, 4.69) is 4.98 Å². The van der Waals surface area contributed by atoms with Crippen molar-refractivity contribution in [3.05, 3.63) is 29.7 Å². The smallest absolute Gasteiger partial charge is 0.381 e. The molecule has 0 fully saturated rings. The van der Waals surface area contributed by atoms with E-state index in [1.807, 2.05) is 0 Å². The first-order chi connectivity index (χ1) is 8.14. The Kier molecular flexibility index (Phi) is 3.78. The zero-order valence-electron chi connectivity index (χ0n) is 9.92. The summed E-state index contributed by atoms with van der Waals surface area (Å²) >= 11 is 0. The lowest BCUT2D eigenvalue weighted by Gasteiger charge is -2.08. The van der Waals surface area contributed by atoms with E-state index in [4.69, 9.17) is 0 Å². The molecule has 0 unspecified atom stereocenters. The summed E-state index contributed by atoms with van der Waals surface area (Å²) < 4.78 is 51.2. The van der Waals surface area contributed by atoms with E-state index in [9.17, 15) is 22.4 Å². The summed E-state index contributed by atoms with van der Waals surface area (Å²) in [5.74, 6) is -3.55. The zero-order valence-corrected chi connectivity index (χ0v) is 9.92. The number of hydrogen-bond donors (Lipinski definition) is 0. The molecule has 1 heterocycles. The summed E-state index contributed by atoms with van der Waals surface area (Å²) in [6, 6.07) is 0. The van der Waals surface area contributed by atoms with Crippen LogP contribution in [-0.2, 0) is 13.2 Å². The summed E-state index contributed by atoms with van der Waals surface area (Å²) in [4.78, 5) is 15.9. The van der Waals surface area contributed by atoms with Crippen LogP contribution in [0.5, 0.6) is 0 Å². The first-order valence-corrected chi connectivity index (χ1v) is 4.82. The van der Waals surface area contributed by atoms with Crippen molar-refractivity contribution in [1.29, 1.82) is 0 Å². The maximum Gasteiger partial charge on any atom is 0.449 e. The van der Waals surface area contributed by atoms with Gasteiger partial charge in [-0.3, -0.25) is 4.79 Å². The predicted molar refractivity (Wildman–Crippen MR) is 55.4 cm³/mol. The van der Waals surface area contributed by atoms with Gasteiger partial charge in [-0.1, -0.05) is 0 Å². The molecule has 1 aromatic rings. The summed E-state index contributed by atoms with van der Waals surface area (Å²) in [7, 11) is 3.97. The van der Waals surface area contributed by atoms with E-state index in [-0.39, 0.29) is 0 Å². The van der Waals surface area contributed by atoms with Crippen LogP contribution < -0.4 is 0 Å². The van der Waals surface area contributed by atoms with Gasteiger partial charge in [0.05, 0.1) is 6.20 Å². The molecular formula is C10H11F4N3O. The second-order valence-corrected chi connectivity index (χ2v) is 3.79. The van der Waals surface area contributed by atoms with Crippen molar-refractivity contribution in [2.24, 2.45) is 7.05 Å². The molecule has 0 spiro atoms. The highest BCUT2D eigenvalue weighted by Gasteiger charge is 2.37. The van der Waals surface area contributed by atoms with Gasteiger partial charge in [0.15, 0.2) is 5.83 Å². The number of Topliss-reactive ketones (excluding diaryl/α,β-unsaturated/α-hetero) is 1. The Labute approximate surface area is 101 Å². The van der Waals surface area contributed by atoms with E-state index in [0.29, 0.717) is 10.8 Å². The maximum absolute atomic E-state index is 13.4. The van der Waals surface area contributed by atoms with Crippen LogP contribution in [0.25, 0.3) is 0 Å². The number of imidazole rings is 1. The van der Waals surface area contributed by atoms with Crippen LogP contribution in [-0.4, -0.2) is 34.3 Å². The van der Waals surface area contributed by atoms with Crippen LogP contribution in [0, 0.1) is 0 Å². The molecule has 1 rings (SSSR count). The topological polar surface area (TPSA) is 38.1 Å². The maximum atomic E-state index is 13.4. The van der Waals surface area contributed by atoms with Gasteiger partial charge >= 0.3 is 6.18 Å². The number of carbonyl (C=O) groups is 1. The lowest BCUT2D eigenvalue weighted by molar-refractivity contribution is -0.146. The number of aromatic nitrogens is 2. The van der Waals surface area contributed by atoms with Crippen molar-refractivity contribution in [2.75, 3.05) is 14.1 Å². The highest BCUT2D eigenvalue weighted by atomic mass is 19.4. The molecule has 0 aliphatic carbocycles. The van der Waals surface area contributed by atoms with Crippen molar-refractivity contribution >= 4 is 5.78 Å². The lowest BCUT2D eigenvalue weighted by Crippen LogP contribution is -2.16. The average molecular weight is 265 g/mol.